The number of hydrogen-bond donors (Lipinski definition) is 1. The van der Waals surface area contributed by atoms with E-state index in [1.165, 1.54) is 5.69 Å². The van der Waals surface area contributed by atoms with Crippen molar-refractivity contribution in [2.24, 2.45) is 0 Å². The minimum atomic E-state index is 0.787. The summed E-state index contributed by atoms with van der Waals surface area (Å²) in [5.74, 6) is 1.69. The van der Waals surface area contributed by atoms with Gasteiger partial charge in [-0.15, -0.1) is 0 Å². The Balaban J connectivity index is 1.66. The average molecular weight is 369 g/mol. The third-order valence-electron chi connectivity index (χ3n) is 4.94. The van der Waals surface area contributed by atoms with Crippen molar-refractivity contribution >= 4 is 11.5 Å². The smallest absolute Gasteiger partial charge is 0.161 e. The number of benzene rings is 1. The van der Waals surface area contributed by atoms with Gasteiger partial charge in [-0.05, 0) is 65.3 Å². The summed E-state index contributed by atoms with van der Waals surface area (Å²) in [6.45, 7) is 8.40. The van der Waals surface area contributed by atoms with Crippen molar-refractivity contribution in [3.05, 3.63) is 36.0 Å². The van der Waals surface area contributed by atoms with Gasteiger partial charge >= 0.3 is 0 Å². The summed E-state index contributed by atoms with van der Waals surface area (Å²) in [5, 5.41) is 3.43. The average Bonchev–Trinajstić information content (AvgIpc) is 2.65. The van der Waals surface area contributed by atoms with E-state index in [1.54, 1.807) is 0 Å². The fourth-order valence-electron chi connectivity index (χ4n) is 3.29. The van der Waals surface area contributed by atoms with Crippen molar-refractivity contribution in [3.8, 4) is 11.4 Å². The van der Waals surface area contributed by atoms with Crippen molar-refractivity contribution in [3.63, 3.8) is 0 Å². The van der Waals surface area contributed by atoms with E-state index in [4.69, 9.17) is 4.98 Å². The zero-order valence-electron chi connectivity index (χ0n) is 17.1. The van der Waals surface area contributed by atoms with Crippen LogP contribution < -0.4 is 10.2 Å². The molecular formula is C21H32N6. The van der Waals surface area contributed by atoms with E-state index in [2.05, 4.69) is 70.4 Å². The van der Waals surface area contributed by atoms with Crippen LogP contribution in [0, 0.1) is 6.92 Å². The zero-order chi connectivity index (χ0) is 19.2. The number of aromatic nitrogens is 2. The highest BCUT2D eigenvalue weighted by molar-refractivity contribution is 5.62. The van der Waals surface area contributed by atoms with Crippen LogP contribution in [0.3, 0.4) is 0 Å². The van der Waals surface area contributed by atoms with Crippen molar-refractivity contribution in [1.82, 2.24) is 19.8 Å². The molecule has 0 radical (unpaired) electrons. The molecule has 6 heteroatoms. The van der Waals surface area contributed by atoms with Crippen LogP contribution >= 0.6 is 0 Å². The van der Waals surface area contributed by atoms with Crippen molar-refractivity contribution < 1.29 is 0 Å². The van der Waals surface area contributed by atoms with Gasteiger partial charge in [0.15, 0.2) is 5.82 Å². The maximum Gasteiger partial charge on any atom is 0.161 e. The minimum absolute atomic E-state index is 0.787. The van der Waals surface area contributed by atoms with Gasteiger partial charge in [-0.3, -0.25) is 0 Å². The first kappa shape index (κ1) is 19.6. The van der Waals surface area contributed by atoms with Crippen LogP contribution in [-0.2, 0) is 0 Å². The van der Waals surface area contributed by atoms with Crippen molar-refractivity contribution in [1.29, 1.82) is 0 Å². The number of anilines is 2. The van der Waals surface area contributed by atoms with Crippen LogP contribution in [0.15, 0.2) is 30.3 Å². The highest BCUT2D eigenvalue weighted by atomic mass is 15.2. The topological polar surface area (TPSA) is 47.5 Å². The number of likely N-dealkylation sites (N-methyl/N-ethyl adjacent to an activating group) is 1. The largest absolute Gasteiger partial charge is 0.370 e. The lowest BCUT2D eigenvalue weighted by Gasteiger charge is -2.34. The van der Waals surface area contributed by atoms with E-state index in [-0.39, 0.29) is 0 Å². The molecule has 3 rings (SSSR count). The predicted molar refractivity (Wildman–Crippen MR) is 114 cm³/mol. The first-order valence-corrected chi connectivity index (χ1v) is 9.79. The lowest BCUT2D eigenvalue weighted by atomic mass is 10.1. The summed E-state index contributed by atoms with van der Waals surface area (Å²) in [6, 6.07) is 10.7. The SMILES string of the molecule is Cc1cc(NCCCN(C)C)nc(-c2ccc(N3CCN(C)CC3)cc2)n1. The van der Waals surface area contributed by atoms with E-state index < -0.39 is 0 Å². The molecule has 0 unspecified atom stereocenters. The molecule has 2 aromatic rings. The van der Waals surface area contributed by atoms with Gasteiger partial charge in [0.25, 0.3) is 0 Å². The number of nitrogens with zero attached hydrogens (tertiary/aromatic N) is 5. The van der Waals surface area contributed by atoms with E-state index in [0.29, 0.717) is 0 Å². The van der Waals surface area contributed by atoms with Gasteiger partial charge in [0.1, 0.15) is 5.82 Å². The van der Waals surface area contributed by atoms with Gasteiger partial charge < -0.3 is 20.0 Å². The van der Waals surface area contributed by atoms with Gasteiger partial charge in [0.05, 0.1) is 0 Å². The quantitative estimate of drug-likeness (QED) is 0.758. The molecule has 0 amide bonds. The Morgan fingerprint density at radius 3 is 2.41 bits per heavy atom. The normalized spacial score (nSPS) is 15.4. The molecule has 0 bridgehead atoms. The molecule has 1 fully saturated rings. The summed E-state index contributed by atoms with van der Waals surface area (Å²) < 4.78 is 0. The predicted octanol–water partition coefficient (Wildman–Crippen LogP) is 2.57. The van der Waals surface area contributed by atoms with Gasteiger partial charge in [-0.2, -0.15) is 0 Å². The summed E-state index contributed by atoms with van der Waals surface area (Å²) in [4.78, 5) is 16.4. The van der Waals surface area contributed by atoms with Crippen LogP contribution in [0.1, 0.15) is 12.1 Å². The standard InChI is InChI=1S/C21H32N6/c1-17-16-20(22-10-5-11-25(2)3)24-21(23-17)18-6-8-19(9-7-18)27-14-12-26(4)13-15-27/h6-9,16H,5,10-15H2,1-4H3,(H,22,23,24). The molecule has 1 aliphatic heterocycles. The van der Waals surface area contributed by atoms with Gasteiger partial charge in [0, 0.05) is 55.7 Å². The lowest BCUT2D eigenvalue weighted by Crippen LogP contribution is -2.44. The molecule has 1 N–H and O–H groups in total. The monoisotopic (exact) mass is 368 g/mol. The van der Waals surface area contributed by atoms with Crippen molar-refractivity contribution in [2.45, 2.75) is 13.3 Å². The van der Waals surface area contributed by atoms with Gasteiger partial charge in [0.2, 0.25) is 0 Å². The summed E-state index contributed by atoms with van der Waals surface area (Å²) in [7, 11) is 6.37. The lowest BCUT2D eigenvalue weighted by molar-refractivity contribution is 0.313. The zero-order valence-corrected chi connectivity index (χ0v) is 17.1. The molecular weight excluding hydrogens is 336 g/mol. The second-order valence-corrected chi connectivity index (χ2v) is 7.64. The van der Waals surface area contributed by atoms with Gasteiger partial charge in [-0.1, -0.05) is 0 Å². The van der Waals surface area contributed by atoms with E-state index >= 15 is 0 Å². The molecule has 146 valence electrons. The Morgan fingerprint density at radius 1 is 1.04 bits per heavy atom. The summed E-state index contributed by atoms with van der Waals surface area (Å²) in [6.07, 6.45) is 1.09. The molecule has 27 heavy (non-hydrogen) atoms. The number of rotatable bonds is 7. The maximum atomic E-state index is 4.72. The molecule has 1 saturated heterocycles. The second-order valence-electron chi connectivity index (χ2n) is 7.64. The number of aryl methyl sites for hydroxylation is 1. The van der Waals surface area contributed by atoms with Gasteiger partial charge in [-0.25, -0.2) is 9.97 Å². The summed E-state index contributed by atoms with van der Waals surface area (Å²) >= 11 is 0. The Bertz CT molecular complexity index is 720. The fourth-order valence-corrected chi connectivity index (χ4v) is 3.29. The number of nitrogens with one attached hydrogen (secondary N) is 1. The fraction of sp³-hybridized carbons (Fsp3) is 0.524. The minimum Gasteiger partial charge on any atom is -0.370 e. The van der Waals surface area contributed by atoms with Crippen LogP contribution in [0.2, 0.25) is 0 Å². The Labute approximate surface area is 163 Å². The molecule has 1 aromatic carbocycles. The molecule has 0 atom stereocenters. The molecule has 2 heterocycles. The Kier molecular flexibility index (Phi) is 6.63. The Morgan fingerprint density at radius 2 is 1.74 bits per heavy atom. The van der Waals surface area contributed by atoms with Crippen molar-refractivity contribution in [2.75, 3.05) is 70.6 Å². The molecule has 1 aromatic heterocycles. The highest BCUT2D eigenvalue weighted by Crippen LogP contribution is 2.23. The molecule has 0 spiro atoms. The number of hydrogen-bond acceptors (Lipinski definition) is 6. The van der Waals surface area contributed by atoms with E-state index in [1.807, 2.05) is 13.0 Å². The number of piperazine rings is 1. The van der Waals surface area contributed by atoms with E-state index in [0.717, 1.165) is 68.6 Å². The van der Waals surface area contributed by atoms with Crippen LogP contribution in [0.25, 0.3) is 11.4 Å². The molecule has 1 aliphatic rings. The Hall–Kier alpha value is -2.18. The molecule has 0 saturated carbocycles. The highest BCUT2D eigenvalue weighted by Gasteiger charge is 2.14. The molecule has 6 nitrogen and oxygen atoms in total. The van der Waals surface area contributed by atoms with Crippen LogP contribution in [0.5, 0.6) is 0 Å². The van der Waals surface area contributed by atoms with Crippen LogP contribution in [0.4, 0.5) is 11.5 Å². The first-order chi connectivity index (χ1) is 13.0. The third kappa shape index (κ3) is 5.65. The third-order valence-corrected chi connectivity index (χ3v) is 4.94. The van der Waals surface area contributed by atoms with E-state index in [9.17, 15) is 0 Å². The van der Waals surface area contributed by atoms with Crippen LogP contribution in [-0.4, -0.2) is 80.2 Å². The molecule has 0 aliphatic carbocycles. The second kappa shape index (κ2) is 9.15. The maximum absolute atomic E-state index is 4.72. The summed E-state index contributed by atoms with van der Waals surface area (Å²) in [5.41, 5.74) is 3.33. The first-order valence-electron chi connectivity index (χ1n) is 9.79.